The predicted octanol–water partition coefficient (Wildman–Crippen LogP) is 1.70. The average Bonchev–Trinajstić information content (AvgIpc) is 2.28. The Kier molecular flexibility index (Phi) is 4.28. The summed E-state index contributed by atoms with van der Waals surface area (Å²) in [5.74, 6) is 0.270. The Morgan fingerprint density at radius 2 is 1.82 bits per heavy atom. The molecular formula is C12H16O4S. The van der Waals surface area contributed by atoms with Crippen LogP contribution in [0.15, 0.2) is 24.3 Å². The largest absolute Gasteiger partial charge is 0.497 e. The van der Waals surface area contributed by atoms with Gasteiger partial charge in [0.25, 0.3) is 0 Å². The molecule has 94 valence electrons. The molecule has 0 saturated carbocycles. The zero-order valence-electron chi connectivity index (χ0n) is 10.1. The second kappa shape index (κ2) is 5.31. The highest BCUT2D eigenvalue weighted by atomic mass is 32.2. The fourth-order valence-electron chi connectivity index (χ4n) is 1.62. The van der Waals surface area contributed by atoms with E-state index in [-0.39, 0.29) is 12.2 Å². The number of hydrogen-bond acceptors (Lipinski definition) is 4. The molecule has 17 heavy (non-hydrogen) atoms. The molecule has 0 fully saturated rings. The van der Waals surface area contributed by atoms with Gasteiger partial charge in [0.05, 0.1) is 7.11 Å². The van der Waals surface area contributed by atoms with Crippen LogP contribution in [0.4, 0.5) is 0 Å². The van der Waals surface area contributed by atoms with E-state index >= 15 is 0 Å². The summed E-state index contributed by atoms with van der Waals surface area (Å²) in [6, 6.07) is 6.44. The number of rotatable bonds is 5. The smallest absolute Gasteiger partial charge is 0.180 e. The van der Waals surface area contributed by atoms with Gasteiger partial charge in [-0.05, 0) is 30.7 Å². The van der Waals surface area contributed by atoms with Gasteiger partial charge in [0.15, 0.2) is 15.6 Å². The second-order valence-corrected chi connectivity index (χ2v) is 6.05. The highest BCUT2D eigenvalue weighted by molar-refractivity contribution is 7.92. The highest BCUT2D eigenvalue weighted by Gasteiger charge is 2.27. The number of carbonyl (C=O) groups excluding carboxylic acids is 1. The van der Waals surface area contributed by atoms with Crippen molar-refractivity contribution in [3.8, 4) is 5.75 Å². The molecule has 1 aromatic rings. The van der Waals surface area contributed by atoms with Crippen molar-refractivity contribution in [1.82, 2.24) is 0 Å². The molecule has 5 heteroatoms. The fourth-order valence-corrected chi connectivity index (χ4v) is 2.75. The first-order valence-corrected chi connectivity index (χ1v) is 7.22. The molecule has 0 N–H and O–H groups in total. The quantitative estimate of drug-likeness (QED) is 0.752. The van der Waals surface area contributed by atoms with Crippen molar-refractivity contribution in [2.75, 3.05) is 13.4 Å². The molecule has 0 aliphatic rings. The number of sulfone groups is 1. The van der Waals surface area contributed by atoms with E-state index < -0.39 is 15.1 Å². The van der Waals surface area contributed by atoms with Crippen LogP contribution in [0.3, 0.4) is 0 Å². The van der Waals surface area contributed by atoms with E-state index in [0.29, 0.717) is 11.3 Å². The van der Waals surface area contributed by atoms with Crippen LogP contribution in [0.25, 0.3) is 0 Å². The summed E-state index contributed by atoms with van der Waals surface area (Å²) < 4.78 is 27.9. The van der Waals surface area contributed by atoms with E-state index in [1.807, 2.05) is 0 Å². The van der Waals surface area contributed by atoms with Gasteiger partial charge in [-0.15, -0.1) is 0 Å². The first-order chi connectivity index (χ1) is 7.90. The summed E-state index contributed by atoms with van der Waals surface area (Å²) in [6.07, 6.45) is 1.37. The van der Waals surface area contributed by atoms with E-state index in [1.54, 1.807) is 31.2 Å². The summed E-state index contributed by atoms with van der Waals surface area (Å²) >= 11 is 0. The Hall–Kier alpha value is -1.36. The normalized spacial score (nSPS) is 13.1. The van der Waals surface area contributed by atoms with Crippen molar-refractivity contribution in [3.05, 3.63) is 29.8 Å². The van der Waals surface area contributed by atoms with Gasteiger partial charge in [0, 0.05) is 11.8 Å². The topological polar surface area (TPSA) is 60.4 Å². The van der Waals surface area contributed by atoms with Crippen LogP contribution in [0.5, 0.6) is 5.75 Å². The summed E-state index contributed by atoms with van der Waals surface area (Å²) in [4.78, 5) is 12.0. The number of methoxy groups -OCH3 is 1. The van der Waals surface area contributed by atoms with E-state index in [0.717, 1.165) is 6.26 Å². The molecule has 1 aromatic carbocycles. The number of ether oxygens (including phenoxy) is 1. The lowest BCUT2D eigenvalue weighted by atomic mass is 10.1. The van der Waals surface area contributed by atoms with E-state index in [2.05, 4.69) is 0 Å². The zero-order valence-corrected chi connectivity index (χ0v) is 11.0. The third-order valence-corrected chi connectivity index (χ3v) is 4.14. The van der Waals surface area contributed by atoms with Crippen LogP contribution in [-0.2, 0) is 9.84 Å². The Balaban J connectivity index is 3.02. The minimum atomic E-state index is -3.36. The maximum Gasteiger partial charge on any atom is 0.180 e. The second-order valence-electron chi connectivity index (χ2n) is 3.82. The SMILES string of the molecule is CCC(C(=O)c1ccc(OC)cc1)S(C)(=O)=O. The standard InChI is InChI=1S/C12H16O4S/c1-4-11(17(3,14)15)12(13)9-5-7-10(16-2)8-6-9/h5-8,11H,4H2,1-3H3. The molecule has 0 aromatic heterocycles. The summed E-state index contributed by atoms with van der Waals surface area (Å²) in [5, 5.41) is -0.962. The molecule has 0 amide bonds. The van der Waals surface area contributed by atoms with Crippen molar-refractivity contribution in [2.24, 2.45) is 0 Å². The number of benzene rings is 1. The molecular weight excluding hydrogens is 240 g/mol. The summed E-state index contributed by atoms with van der Waals surface area (Å²) in [6.45, 7) is 1.69. The monoisotopic (exact) mass is 256 g/mol. The summed E-state index contributed by atoms with van der Waals surface area (Å²) in [5.41, 5.74) is 0.392. The highest BCUT2D eigenvalue weighted by Crippen LogP contribution is 2.16. The third-order valence-electron chi connectivity index (χ3n) is 2.55. The molecule has 0 radical (unpaired) electrons. The van der Waals surface area contributed by atoms with Gasteiger partial charge in [-0.25, -0.2) is 8.42 Å². The Bertz CT molecular complexity index is 488. The maximum absolute atomic E-state index is 12.0. The summed E-state index contributed by atoms with van der Waals surface area (Å²) in [7, 11) is -1.83. The molecule has 1 unspecified atom stereocenters. The van der Waals surface area contributed by atoms with Crippen LogP contribution in [0.1, 0.15) is 23.7 Å². The zero-order chi connectivity index (χ0) is 13.1. The molecule has 0 aliphatic carbocycles. The van der Waals surface area contributed by atoms with E-state index in [9.17, 15) is 13.2 Å². The molecule has 0 spiro atoms. The van der Waals surface area contributed by atoms with Gasteiger partial charge in [-0.2, -0.15) is 0 Å². The lowest BCUT2D eigenvalue weighted by molar-refractivity contribution is 0.0985. The van der Waals surface area contributed by atoms with E-state index in [4.69, 9.17) is 4.74 Å². The first-order valence-electron chi connectivity index (χ1n) is 5.27. The van der Waals surface area contributed by atoms with Crippen LogP contribution in [0, 0.1) is 0 Å². The van der Waals surface area contributed by atoms with Crippen molar-refractivity contribution in [2.45, 2.75) is 18.6 Å². The van der Waals surface area contributed by atoms with Crippen molar-refractivity contribution < 1.29 is 17.9 Å². The molecule has 0 heterocycles. The average molecular weight is 256 g/mol. The molecule has 1 atom stereocenters. The van der Waals surface area contributed by atoms with Crippen LogP contribution in [-0.4, -0.2) is 32.8 Å². The molecule has 1 rings (SSSR count). The number of ketones is 1. The van der Waals surface area contributed by atoms with Gasteiger partial charge < -0.3 is 4.74 Å². The van der Waals surface area contributed by atoms with Crippen LogP contribution in [0.2, 0.25) is 0 Å². The number of hydrogen-bond donors (Lipinski definition) is 0. The molecule has 0 bridgehead atoms. The lowest BCUT2D eigenvalue weighted by Gasteiger charge is -2.11. The van der Waals surface area contributed by atoms with Gasteiger partial charge in [0.1, 0.15) is 11.0 Å². The van der Waals surface area contributed by atoms with Crippen molar-refractivity contribution >= 4 is 15.6 Å². The first kappa shape index (κ1) is 13.7. The minimum absolute atomic E-state index is 0.281. The Morgan fingerprint density at radius 3 is 2.18 bits per heavy atom. The van der Waals surface area contributed by atoms with Crippen LogP contribution >= 0.6 is 0 Å². The maximum atomic E-state index is 12.0. The van der Waals surface area contributed by atoms with Gasteiger partial charge in [-0.1, -0.05) is 6.92 Å². The van der Waals surface area contributed by atoms with E-state index in [1.165, 1.54) is 7.11 Å². The van der Waals surface area contributed by atoms with Gasteiger partial charge in [0.2, 0.25) is 0 Å². The van der Waals surface area contributed by atoms with Crippen molar-refractivity contribution in [3.63, 3.8) is 0 Å². The Labute approximate surface area is 102 Å². The third kappa shape index (κ3) is 3.30. The van der Waals surface area contributed by atoms with Crippen LogP contribution < -0.4 is 4.74 Å². The molecule has 0 saturated heterocycles. The molecule has 4 nitrogen and oxygen atoms in total. The van der Waals surface area contributed by atoms with Gasteiger partial charge >= 0.3 is 0 Å². The molecule has 0 aliphatic heterocycles. The predicted molar refractivity (Wildman–Crippen MR) is 66.2 cm³/mol. The Morgan fingerprint density at radius 1 is 1.29 bits per heavy atom. The minimum Gasteiger partial charge on any atom is -0.497 e. The van der Waals surface area contributed by atoms with Gasteiger partial charge in [-0.3, -0.25) is 4.79 Å². The van der Waals surface area contributed by atoms with Crippen molar-refractivity contribution in [1.29, 1.82) is 0 Å². The lowest BCUT2D eigenvalue weighted by Crippen LogP contribution is -2.28. The number of Topliss-reactive ketones (excluding diaryl/α,β-unsaturated/α-hetero) is 1. The fraction of sp³-hybridized carbons (Fsp3) is 0.417. The number of carbonyl (C=O) groups is 1.